The quantitative estimate of drug-likeness (QED) is 0.628. The van der Waals surface area contributed by atoms with E-state index in [4.69, 9.17) is 16.3 Å². The van der Waals surface area contributed by atoms with Crippen molar-refractivity contribution in [1.82, 2.24) is 9.38 Å². The molecule has 0 fully saturated rings. The number of benzene rings is 1. The van der Waals surface area contributed by atoms with Crippen molar-refractivity contribution in [3.8, 4) is 11.6 Å². The van der Waals surface area contributed by atoms with Crippen LogP contribution in [0.4, 0.5) is 0 Å². The Labute approximate surface area is 126 Å². The minimum absolute atomic E-state index is 0.376. The first-order valence-corrected chi connectivity index (χ1v) is 8.00. The van der Waals surface area contributed by atoms with E-state index in [1.807, 2.05) is 28.1 Å². The Morgan fingerprint density at radius 2 is 2.10 bits per heavy atom. The Morgan fingerprint density at radius 1 is 1.30 bits per heavy atom. The van der Waals surface area contributed by atoms with Crippen LogP contribution in [0.5, 0.6) is 11.6 Å². The number of hydrogen-bond acceptors (Lipinski definition) is 3. The van der Waals surface area contributed by atoms with E-state index in [-0.39, 0.29) is 0 Å². The molecule has 0 aliphatic rings. The predicted molar refractivity (Wildman–Crippen MR) is 83.1 cm³/mol. The molecule has 0 unspecified atom stereocenters. The summed E-state index contributed by atoms with van der Waals surface area (Å²) in [5, 5.41) is 1.99. The number of ether oxygens (including phenoxy) is 1. The summed E-state index contributed by atoms with van der Waals surface area (Å²) in [6.45, 7) is 2.18. The van der Waals surface area contributed by atoms with Crippen LogP contribution < -0.4 is 4.74 Å². The Balaban J connectivity index is 1.86. The first kappa shape index (κ1) is 13.5. The minimum atomic E-state index is 0.376. The third-order valence-electron chi connectivity index (χ3n) is 3.13. The van der Waals surface area contributed by atoms with Gasteiger partial charge in [0.25, 0.3) is 0 Å². The average molecular weight is 307 g/mol. The fraction of sp³-hybridized carbons (Fsp3) is 0.267. The summed E-state index contributed by atoms with van der Waals surface area (Å²) in [6, 6.07) is 8.15. The summed E-state index contributed by atoms with van der Waals surface area (Å²) < 4.78 is 7.84. The zero-order valence-corrected chi connectivity index (χ0v) is 12.7. The van der Waals surface area contributed by atoms with E-state index in [9.17, 15) is 0 Å². The van der Waals surface area contributed by atoms with Gasteiger partial charge in [-0.1, -0.05) is 25.5 Å². The van der Waals surface area contributed by atoms with Crippen LogP contribution in [-0.4, -0.2) is 9.38 Å². The third-order valence-corrected chi connectivity index (χ3v) is 4.14. The van der Waals surface area contributed by atoms with Gasteiger partial charge in [-0.05, 0) is 24.1 Å². The van der Waals surface area contributed by atoms with Gasteiger partial charge in [-0.15, -0.1) is 22.9 Å². The lowest BCUT2D eigenvalue weighted by molar-refractivity contribution is 0.461. The van der Waals surface area contributed by atoms with Gasteiger partial charge < -0.3 is 4.74 Å². The van der Waals surface area contributed by atoms with Gasteiger partial charge in [-0.3, -0.25) is 4.40 Å². The monoisotopic (exact) mass is 306 g/mol. The molecular formula is C15H15ClN2OS. The van der Waals surface area contributed by atoms with Crippen LogP contribution >= 0.6 is 22.9 Å². The van der Waals surface area contributed by atoms with E-state index in [1.54, 1.807) is 11.3 Å². The van der Waals surface area contributed by atoms with Crippen molar-refractivity contribution in [3.63, 3.8) is 0 Å². The Morgan fingerprint density at radius 3 is 2.80 bits per heavy atom. The molecule has 104 valence electrons. The highest BCUT2D eigenvalue weighted by atomic mass is 35.5. The van der Waals surface area contributed by atoms with Gasteiger partial charge >= 0.3 is 0 Å². The Bertz CT molecular complexity index is 702. The summed E-state index contributed by atoms with van der Waals surface area (Å²) >= 11 is 7.58. The largest absolute Gasteiger partial charge is 0.437 e. The molecule has 0 bridgehead atoms. The van der Waals surface area contributed by atoms with Gasteiger partial charge in [0.2, 0.25) is 5.88 Å². The van der Waals surface area contributed by atoms with Crippen molar-refractivity contribution in [1.29, 1.82) is 0 Å². The highest BCUT2D eigenvalue weighted by Gasteiger charge is 2.14. The number of nitrogens with zero attached hydrogens (tertiary/aromatic N) is 2. The van der Waals surface area contributed by atoms with E-state index in [0.717, 1.165) is 29.2 Å². The molecule has 0 saturated heterocycles. The number of rotatable bonds is 5. The van der Waals surface area contributed by atoms with Crippen LogP contribution in [0, 0.1) is 0 Å². The van der Waals surface area contributed by atoms with Gasteiger partial charge in [0, 0.05) is 11.6 Å². The lowest BCUT2D eigenvalue weighted by Crippen LogP contribution is -1.91. The number of halogens is 1. The Hall–Kier alpha value is -1.52. The number of hydrogen-bond donors (Lipinski definition) is 0. The molecular weight excluding hydrogens is 292 g/mol. The van der Waals surface area contributed by atoms with E-state index in [1.165, 1.54) is 5.56 Å². The molecule has 3 nitrogen and oxygen atoms in total. The fourth-order valence-electron chi connectivity index (χ4n) is 2.14. The van der Waals surface area contributed by atoms with E-state index in [0.29, 0.717) is 11.8 Å². The topological polar surface area (TPSA) is 26.5 Å². The van der Waals surface area contributed by atoms with Crippen molar-refractivity contribution < 1.29 is 4.74 Å². The molecule has 0 atom stereocenters. The molecule has 5 heteroatoms. The normalized spacial score (nSPS) is 11.1. The summed E-state index contributed by atoms with van der Waals surface area (Å²) in [5.41, 5.74) is 2.21. The molecule has 0 N–H and O–H groups in total. The van der Waals surface area contributed by atoms with Crippen molar-refractivity contribution in [2.45, 2.75) is 25.6 Å². The smallest absolute Gasteiger partial charge is 0.243 e. The standard InChI is InChI=1S/C15H15ClN2OS/c1-2-3-11-4-6-12(7-5-11)19-14-13(10-16)18-8-9-20-15(18)17-14/h4-9H,2-3,10H2,1H3. The third kappa shape index (κ3) is 2.53. The van der Waals surface area contributed by atoms with Gasteiger partial charge in [0.1, 0.15) is 11.4 Å². The minimum Gasteiger partial charge on any atom is -0.437 e. The van der Waals surface area contributed by atoms with E-state index in [2.05, 4.69) is 24.0 Å². The SMILES string of the molecule is CCCc1ccc(Oc2nc3sccn3c2CCl)cc1. The second-order valence-corrected chi connectivity index (χ2v) is 5.69. The summed E-state index contributed by atoms with van der Waals surface area (Å²) in [5.74, 6) is 1.76. The molecule has 1 aromatic carbocycles. The molecule has 2 heterocycles. The lowest BCUT2D eigenvalue weighted by Gasteiger charge is -2.05. The second kappa shape index (κ2) is 5.85. The fourth-order valence-corrected chi connectivity index (χ4v) is 3.11. The highest BCUT2D eigenvalue weighted by Crippen LogP contribution is 2.29. The second-order valence-electron chi connectivity index (χ2n) is 4.55. The van der Waals surface area contributed by atoms with Crippen molar-refractivity contribution in [2.75, 3.05) is 0 Å². The molecule has 0 aliphatic heterocycles. The summed E-state index contributed by atoms with van der Waals surface area (Å²) in [4.78, 5) is 5.37. The van der Waals surface area contributed by atoms with E-state index < -0.39 is 0 Å². The molecule has 0 spiro atoms. The molecule has 0 amide bonds. The first-order chi connectivity index (χ1) is 9.81. The molecule has 0 radical (unpaired) electrons. The van der Waals surface area contributed by atoms with Crippen LogP contribution in [0.3, 0.4) is 0 Å². The van der Waals surface area contributed by atoms with Crippen LogP contribution in [0.25, 0.3) is 4.96 Å². The van der Waals surface area contributed by atoms with Crippen LogP contribution in [-0.2, 0) is 12.3 Å². The molecule has 3 aromatic rings. The van der Waals surface area contributed by atoms with Gasteiger partial charge in [0.15, 0.2) is 4.96 Å². The van der Waals surface area contributed by atoms with Gasteiger partial charge in [0.05, 0.1) is 5.88 Å². The van der Waals surface area contributed by atoms with Crippen molar-refractivity contribution in [2.24, 2.45) is 0 Å². The molecule has 3 rings (SSSR count). The highest BCUT2D eigenvalue weighted by molar-refractivity contribution is 7.15. The number of imidazole rings is 1. The predicted octanol–water partition coefficient (Wildman–Crippen LogP) is 4.88. The summed E-state index contributed by atoms with van der Waals surface area (Å²) in [6.07, 6.45) is 4.20. The van der Waals surface area contributed by atoms with Crippen LogP contribution in [0.15, 0.2) is 35.8 Å². The molecule has 2 aromatic heterocycles. The van der Waals surface area contributed by atoms with Gasteiger partial charge in [-0.25, -0.2) is 0 Å². The zero-order chi connectivity index (χ0) is 13.9. The zero-order valence-electron chi connectivity index (χ0n) is 11.2. The number of fused-ring (bicyclic) bond motifs is 1. The van der Waals surface area contributed by atoms with E-state index >= 15 is 0 Å². The maximum atomic E-state index is 6.01. The molecule has 20 heavy (non-hydrogen) atoms. The average Bonchev–Trinajstić information content (AvgIpc) is 3.01. The lowest BCUT2D eigenvalue weighted by atomic mass is 10.1. The molecule has 0 aliphatic carbocycles. The number of aryl methyl sites for hydroxylation is 1. The maximum Gasteiger partial charge on any atom is 0.243 e. The maximum absolute atomic E-state index is 6.01. The van der Waals surface area contributed by atoms with Gasteiger partial charge in [-0.2, -0.15) is 4.98 Å². The first-order valence-electron chi connectivity index (χ1n) is 6.59. The number of thiazole rings is 1. The van der Waals surface area contributed by atoms with Crippen LogP contribution in [0.2, 0.25) is 0 Å². The number of aromatic nitrogens is 2. The van der Waals surface area contributed by atoms with Crippen molar-refractivity contribution in [3.05, 3.63) is 47.1 Å². The molecule has 0 saturated carbocycles. The number of alkyl halides is 1. The van der Waals surface area contributed by atoms with Crippen molar-refractivity contribution >= 4 is 27.9 Å². The summed E-state index contributed by atoms with van der Waals surface area (Å²) in [7, 11) is 0. The van der Waals surface area contributed by atoms with Crippen LogP contribution in [0.1, 0.15) is 24.6 Å². The Kier molecular flexibility index (Phi) is 3.94.